The van der Waals surface area contributed by atoms with Gasteiger partial charge in [0.2, 0.25) is 0 Å². The number of nitrogens with zero attached hydrogens (tertiary/aromatic N) is 2. The maximum Gasteiger partial charge on any atom is 0.572 e. The van der Waals surface area contributed by atoms with Crippen molar-refractivity contribution >= 4 is 25.8 Å². The van der Waals surface area contributed by atoms with Gasteiger partial charge in [-0.1, -0.05) is 176 Å². The van der Waals surface area contributed by atoms with E-state index in [1.165, 1.54) is 24.3 Å². The summed E-state index contributed by atoms with van der Waals surface area (Å²) in [4.78, 5) is 21.7. The van der Waals surface area contributed by atoms with Gasteiger partial charge in [0, 0.05) is 29.5 Å². The van der Waals surface area contributed by atoms with Crippen LogP contribution in [-0.4, -0.2) is 19.1 Å². The molecule has 0 saturated heterocycles. The molecule has 0 saturated carbocycles. The van der Waals surface area contributed by atoms with E-state index in [0.717, 1.165) is 71.9 Å². The Labute approximate surface area is 457 Å². The zero-order chi connectivity index (χ0) is 53.5. The van der Waals surface area contributed by atoms with Crippen LogP contribution in [0.3, 0.4) is 0 Å². The van der Waals surface area contributed by atoms with Crippen molar-refractivity contribution in [3.05, 3.63) is 338 Å². The van der Waals surface area contributed by atoms with E-state index >= 15 is 0 Å². The Balaban J connectivity index is 0.823. The second-order valence-electron chi connectivity index (χ2n) is 19.3. The molecule has 0 bridgehead atoms. The Morgan fingerprint density at radius 1 is 0.291 bits per heavy atom. The highest BCUT2D eigenvalue weighted by molar-refractivity contribution is 6.62. The van der Waals surface area contributed by atoms with Crippen LogP contribution >= 0.6 is 0 Å². The highest BCUT2D eigenvalue weighted by Crippen LogP contribution is 2.58. The summed E-state index contributed by atoms with van der Waals surface area (Å²) in [5.74, 6) is 3.55. The smallest absolute Gasteiger partial charge is 0.507 e. The van der Waals surface area contributed by atoms with Crippen LogP contribution in [0.15, 0.2) is 273 Å². The molecule has 0 N–H and O–H groups in total. The Morgan fingerprint density at radius 3 is 0.835 bits per heavy atom. The van der Waals surface area contributed by atoms with E-state index in [1.807, 2.05) is 78.9 Å². The molecule has 11 aromatic rings. The lowest BCUT2D eigenvalue weighted by Gasteiger charge is -2.34. The molecule has 11 heteroatoms. The standard InChI is InChI=1S/C68H45N2O8Si/c71-69(72)50-30-42-54(43-31-50)75-52-34-22-46(23-35-52)67(63-18-8-4-14-59(63)60-15-5-9-19-64(60)67)48-26-38-56(39-27-48)77-79(58-12-2-1-3-13-58)78-57-40-28-49(29-41-57)68(65-20-10-6-16-61(65)62-17-7-11-21-66(62)68)47-24-36-53(37-25-47)76-55-44-32-51(33-45-55)70(73)74/h1-45H. The second-order valence-corrected chi connectivity index (χ2v) is 20.9. The number of nitro groups is 2. The van der Waals surface area contributed by atoms with E-state index in [1.54, 1.807) is 24.3 Å². The number of hydrogen-bond acceptors (Lipinski definition) is 8. The number of non-ortho nitro benzene ring substituents is 2. The van der Waals surface area contributed by atoms with Crippen LogP contribution in [0.1, 0.15) is 44.5 Å². The molecule has 0 aliphatic heterocycles. The lowest BCUT2D eigenvalue weighted by atomic mass is 9.68. The first kappa shape index (κ1) is 48.3. The monoisotopic (exact) mass is 1050 g/mol. The van der Waals surface area contributed by atoms with E-state index in [-0.39, 0.29) is 11.4 Å². The van der Waals surface area contributed by atoms with Crippen LogP contribution in [0.2, 0.25) is 0 Å². The lowest BCUT2D eigenvalue weighted by molar-refractivity contribution is -0.385. The van der Waals surface area contributed by atoms with Gasteiger partial charge in [0.15, 0.2) is 0 Å². The summed E-state index contributed by atoms with van der Waals surface area (Å²) in [6, 6.07) is 89.4. The molecule has 0 amide bonds. The van der Waals surface area contributed by atoms with Gasteiger partial charge < -0.3 is 18.3 Å². The van der Waals surface area contributed by atoms with Crippen LogP contribution in [0.5, 0.6) is 34.5 Å². The topological polar surface area (TPSA) is 123 Å². The van der Waals surface area contributed by atoms with Gasteiger partial charge in [0.1, 0.15) is 34.5 Å². The van der Waals surface area contributed by atoms with Crippen LogP contribution < -0.4 is 23.5 Å². The first-order chi connectivity index (χ1) is 38.8. The molecule has 379 valence electrons. The van der Waals surface area contributed by atoms with Crippen molar-refractivity contribution in [2.75, 3.05) is 0 Å². The third-order valence-corrected chi connectivity index (χ3v) is 16.7. The molecule has 0 aromatic heterocycles. The molecule has 79 heavy (non-hydrogen) atoms. The summed E-state index contributed by atoms with van der Waals surface area (Å²) < 4.78 is 26.3. The molecular weight excluding hydrogens is 1000 g/mol. The van der Waals surface area contributed by atoms with E-state index in [4.69, 9.17) is 18.3 Å². The predicted octanol–water partition coefficient (Wildman–Crippen LogP) is 15.7. The average molecular weight is 1050 g/mol. The normalized spacial score (nSPS) is 13.1. The van der Waals surface area contributed by atoms with Crippen LogP contribution in [0.25, 0.3) is 22.3 Å². The molecule has 10 nitrogen and oxygen atoms in total. The Kier molecular flexibility index (Phi) is 12.2. The minimum absolute atomic E-state index is 0.0000654. The second kappa shape index (κ2) is 20.0. The van der Waals surface area contributed by atoms with Gasteiger partial charge in [-0.15, -0.1) is 0 Å². The molecule has 2 aliphatic carbocycles. The number of hydrogen-bond donors (Lipinski definition) is 0. The Morgan fingerprint density at radius 2 is 0.544 bits per heavy atom. The molecule has 2 aliphatic rings. The SMILES string of the molecule is O=[N+]([O-])c1ccc(Oc2ccc(C3(c4ccc(O[Si](Oc5ccc(C6(c7ccc(Oc8ccc([N+](=O)[O-])cc8)cc7)c7ccccc7-c7ccccc76)cc5)c5ccccc5)cc4)c4ccccc4-c4ccccc43)cc2)cc1. The molecule has 0 spiro atoms. The fourth-order valence-electron chi connectivity index (χ4n) is 11.6. The van der Waals surface area contributed by atoms with Gasteiger partial charge in [-0.2, -0.15) is 0 Å². The highest BCUT2D eigenvalue weighted by atomic mass is 28.3. The third kappa shape index (κ3) is 8.46. The van der Waals surface area contributed by atoms with Gasteiger partial charge in [0.05, 0.1) is 20.7 Å². The van der Waals surface area contributed by atoms with E-state index < -0.39 is 30.0 Å². The zero-order valence-electron chi connectivity index (χ0n) is 42.1. The summed E-state index contributed by atoms with van der Waals surface area (Å²) in [6.07, 6.45) is 0. The first-order valence-corrected chi connectivity index (χ1v) is 27.0. The summed E-state index contributed by atoms with van der Waals surface area (Å²) >= 11 is 0. The number of nitro benzene ring substituents is 2. The largest absolute Gasteiger partial charge is 0.572 e. The number of rotatable bonds is 15. The van der Waals surface area contributed by atoms with Crippen molar-refractivity contribution < 1.29 is 28.2 Å². The lowest BCUT2D eigenvalue weighted by Crippen LogP contribution is -2.42. The van der Waals surface area contributed by atoms with Crippen LogP contribution in [-0.2, 0) is 10.8 Å². The van der Waals surface area contributed by atoms with Crippen molar-refractivity contribution in [3.8, 4) is 56.8 Å². The predicted molar refractivity (Wildman–Crippen MR) is 307 cm³/mol. The quantitative estimate of drug-likeness (QED) is 0.0565. The number of benzene rings is 11. The van der Waals surface area contributed by atoms with Crippen molar-refractivity contribution in [1.82, 2.24) is 0 Å². The summed E-state index contributed by atoms with van der Waals surface area (Å²) in [5.41, 5.74) is 12.1. The van der Waals surface area contributed by atoms with E-state index in [2.05, 4.69) is 146 Å². The summed E-state index contributed by atoms with van der Waals surface area (Å²) in [6.45, 7) is 0. The molecule has 11 aromatic carbocycles. The van der Waals surface area contributed by atoms with Crippen LogP contribution in [0, 0.1) is 20.2 Å². The Hall–Kier alpha value is -10.4. The number of fused-ring (bicyclic) bond motifs is 6. The maximum atomic E-state index is 11.3. The van der Waals surface area contributed by atoms with Crippen molar-refractivity contribution in [3.63, 3.8) is 0 Å². The molecule has 0 atom stereocenters. The van der Waals surface area contributed by atoms with Crippen molar-refractivity contribution in [2.24, 2.45) is 0 Å². The van der Waals surface area contributed by atoms with Crippen LogP contribution in [0.4, 0.5) is 11.4 Å². The molecule has 0 heterocycles. The highest BCUT2D eigenvalue weighted by Gasteiger charge is 2.47. The molecule has 0 fully saturated rings. The maximum absolute atomic E-state index is 11.3. The zero-order valence-corrected chi connectivity index (χ0v) is 43.1. The fourth-order valence-corrected chi connectivity index (χ4v) is 13.1. The third-order valence-electron chi connectivity index (χ3n) is 15.1. The van der Waals surface area contributed by atoms with E-state index in [0.29, 0.717) is 34.5 Å². The summed E-state index contributed by atoms with van der Waals surface area (Å²) in [5, 5.41) is 23.5. The molecule has 0 unspecified atom stereocenters. The minimum atomic E-state index is -2.18. The first-order valence-electron chi connectivity index (χ1n) is 25.7. The molecular formula is C68H45N2O8Si. The fraction of sp³-hybridized carbons (Fsp3) is 0.0294. The van der Waals surface area contributed by atoms with Gasteiger partial charge in [-0.05, 0) is 140 Å². The average Bonchev–Trinajstić information content (AvgIpc) is 4.22. The number of ether oxygens (including phenoxy) is 2. The molecule has 1 radical (unpaired) electrons. The van der Waals surface area contributed by atoms with Gasteiger partial charge in [-0.3, -0.25) is 20.2 Å². The van der Waals surface area contributed by atoms with E-state index in [9.17, 15) is 20.2 Å². The minimum Gasteiger partial charge on any atom is -0.507 e. The summed E-state index contributed by atoms with van der Waals surface area (Å²) in [7, 11) is -2.18. The van der Waals surface area contributed by atoms with Crippen molar-refractivity contribution in [1.29, 1.82) is 0 Å². The van der Waals surface area contributed by atoms with Crippen molar-refractivity contribution in [2.45, 2.75) is 10.8 Å². The Bertz CT molecular complexity index is 3720. The van der Waals surface area contributed by atoms with Gasteiger partial charge in [-0.25, -0.2) is 0 Å². The van der Waals surface area contributed by atoms with Gasteiger partial charge >= 0.3 is 9.28 Å². The molecule has 13 rings (SSSR count). The van der Waals surface area contributed by atoms with Gasteiger partial charge in [0.25, 0.3) is 11.4 Å².